The molecule has 2 nitrogen and oxygen atoms in total. The topological polar surface area (TPSA) is 6.48 Å². The predicted molar refractivity (Wildman–Crippen MR) is 384 cm³/mol. The number of hydrogen-bond acceptors (Lipinski definition) is 2. The van der Waals surface area contributed by atoms with E-state index in [4.69, 9.17) is 0 Å². The van der Waals surface area contributed by atoms with E-state index in [1.807, 2.05) is 0 Å². The lowest BCUT2D eigenvalue weighted by molar-refractivity contribution is 0.753. The fourth-order valence-electron chi connectivity index (χ4n) is 17.7. The van der Waals surface area contributed by atoms with Crippen LogP contribution in [0.1, 0.15) is 44.5 Å². The maximum Gasteiger partial charge on any atom is 0.0754 e. The molecule has 92 heavy (non-hydrogen) atoms. The van der Waals surface area contributed by atoms with E-state index in [9.17, 15) is 0 Å². The van der Waals surface area contributed by atoms with Crippen LogP contribution in [0.25, 0.3) is 98.7 Å². The SMILES string of the molecule is c1ccc(N2c3ccccc3C3(c4ccccc4-c4c(-c5cccc6c(-c7cc8ccccc8c8ccccc78)c7cccc(-c8cccc9c8-c8ccccc8C98c9ccccc9N(c9ccccc9)c9ccccc98)c7cc56)cccc43)c3ccccc32)cc1. The van der Waals surface area contributed by atoms with Crippen LogP contribution < -0.4 is 9.80 Å². The van der Waals surface area contributed by atoms with E-state index in [2.05, 4.69) is 350 Å². The molecule has 2 heteroatoms. The average molecular weight is 1170 g/mol. The van der Waals surface area contributed by atoms with Crippen molar-refractivity contribution in [3.8, 4) is 55.6 Å². The molecule has 426 valence electrons. The third-order valence-corrected chi connectivity index (χ3v) is 21.0. The summed E-state index contributed by atoms with van der Waals surface area (Å²) >= 11 is 0. The second-order valence-electron chi connectivity index (χ2n) is 25.2. The smallest absolute Gasteiger partial charge is 0.0754 e. The molecule has 2 heterocycles. The Morgan fingerprint density at radius 3 is 0.967 bits per heavy atom. The standard InChI is InChI=1S/C90H56N2/c1-3-28-58(29-4-1)91-82-51-19-15-45-76(82)89(77-46-16-20-52-83(77)91)74-43-13-11-35-69(74)87-65(41-25-49-80(87)89)63-37-23-39-67-71(63)56-72-64(38-24-40-68(72)86(67)73-55-57-27-7-8-32-60(57)61-33-9-10-34-62(61)73)66-42-26-50-81-88(66)70-36-12-14-44-75(70)90(81)78-47-17-21-53-84(78)92(59-30-5-2-6-31-59)85-54-22-18-48-79(85)90/h1-56H. The molecule has 0 bridgehead atoms. The highest BCUT2D eigenvalue weighted by Gasteiger charge is 2.54. The Bertz CT molecular complexity index is 5410. The Labute approximate surface area is 534 Å². The molecule has 0 unspecified atom stereocenters. The summed E-state index contributed by atoms with van der Waals surface area (Å²) in [6, 6.07) is 129. The summed E-state index contributed by atoms with van der Waals surface area (Å²) < 4.78 is 0. The quantitative estimate of drug-likeness (QED) is 0.125. The number of para-hydroxylation sites is 6. The lowest BCUT2D eigenvalue weighted by Crippen LogP contribution is -2.36. The third-order valence-electron chi connectivity index (χ3n) is 21.0. The molecule has 0 amide bonds. The summed E-state index contributed by atoms with van der Waals surface area (Å²) in [6.07, 6.45) is 0. The van der Waals surface area contributed by atoms with Crippen molar-refractivity contribution in [2.45, 2.75) is 10.8 Å². The first-order valence-corrected chi connectivity index (χ1v) is 32.2. The molecule has 0 fully saturated rings. The summed E-state index contributed by atoms with van der Waals surface area (Å²) in [7, 11) is 0. The monoisotopic (exact) mass is 1160 g/mol. The van der Waals surface area contributed by atoms with Crippen LogP contribution in [0.2, 0.25) is 0 Å². The van der Waals surface area contributed by atoms with E-state index in [1.54, 1.807) is 0 Å². The number of benzene rings is 16. The normalized spacial score (nSPS) is 14.0. The van der Waals surface area contributed by atoms with Gasteiger partial charge in [-0.05, 0) is 204 Å². The highest BCUT2D eigenvalue weighted by molar-refractivity contribution is 6.25. The maximum atomic E-state index is 2.57. The molecule has 2 aliphatic heterocycles. The van der Waals surface area contributed by atoms with Crippen molar-refractivity contribution in [2.75, 3.05) is 9.80 Å². The number of rotatable bonds is 5. The van der Waals surface area contributed by atoms with E-state index in [0.717, 1.165) is 11.4 Å². The van der Waals surface area contributed by atoms with Gasteiger partial charge in [0.2, 0.25) is 0 Å². The lowest BCUT2D eigenvalue weighted by Gasteiger charge is -2.45. The molecule has 0 N–H and O–H groups in total. The van der Waals surface area contributed by atoms with E-state index >= 15 is 0 Å². The Morgan fingerprint density at radius 2 is 0.500 bits per heavy atom. The van der Waals surface area contributed by atoms with E-state index in [1.165, 1.54) is 166 Å². The summed E-state index contributed by atoms with van der Waals surface area (Å²) in [5, 5.41) is 9.84. The zero-order chi connectivity index (χ0) is 60.2. The minimum atomic E-state index is -0.611. The van der Waals surface area contributed by atoms with Gasteiger partial charge in [0.25, 0.3) is 0 Å². The number of nitrogens with zero attached hydrogens (tertiary/aromatic N) is 2. The van der Waals surface area contributed by atoms with Gasteiger partial charge in [-0.15, -0.1) is 0 Å². The minimum Gasteiger partial charge on any atom is -0.310 e. The zero-order valence-electron chi connectivity index (χ0n) is 50.2. The zero-order valence-corrected chi connectivity index (χ0v) is 50.2. The number of anilines is 6. The van der Waals surface area contributed by atoms with Crippen molar-refractivity contribution in [2.24, 2.45) is 0 Å². The number of hydrogen-bond donors (Lipinski definition) is 0. The van der Waals surface area contributed by atoms with Crippen molar-refractivity contribution in [1.29, 1.82) is 0 Å². The molecular weight excluding hydrogens is 1110 g/mol. The summed E-state index contributed by atoms with van der Waals surface area (Å²) in [4.78, 5) is 4.94. The highest BCUT2D eigenvalue weighted by atomic mass is 15.2. The summed E-state index contributed by atoms with van der Waals surface area (Å²) in [5.41, 5.74) is 28.5. The van der Waals surface area contributed by atoms with Gasteiger partial charge in [0.1, 0.15) is 0 Å². The fraction of sp³-hybridized carbons (Fsp3) is 0.0222. The van der Waals surface area contributed by atoms with Gasteiger partial charge in [0.15, 0.2) is 0 Å². The van der Waals surface area contributed by atoms with Gasteiger partial charge in [-0.25, -0.2) is 0 Å². The molecule has 0 aromatic heterocycles. The lowest BCUT2D eigenvalue weighted by atomic mass is 9.64. The molecule has 16 aromatic rings. The van der Waals surface area contributed by atoms with Crippen LogP contribution in [0.3, 0.4) is 0 Å². The van der Waals surface area contributed by atoms with Crippen LogP contribution in [-0.4, -0.2) is 0 Å². The van der Waals surface area contributed by atoms with Crippen molar-refractivity contribution in [1.82, 2.24) is 0 Å². The molecular formula is C90H56N2. The summed E-state index contributed by atoms with van der Waals surface area (Å²) in [5.74, 6) is 0. The van der Waals surface area contributed by atoms with Crippen molar-refractivity contribution in [3.05, 3.63) is 384 Å². The molecule has 4 aliphatic rings. The van der Waals surface area contributed by atoms with E-state index in [0.29, 0.717) is 0 Å². The van der Waals surface area contributed by atoms with Crippen LogP contribution in [0.5, 0.6) is 0 Å². The average Bonchev–Trinajstić information content (AvgIpc) is 1.47. The molecule has 0 saturated carbocycles. The van der Waals surface area contributed by atoms with Crippen LogP contribution in [0.15, 0.2) is 340 Å². The number of fused-ring (bicyclic) bond motifs is 23. The first kappa shape index (κ1) is 51.1. The van der Waals surface area contributed by atoms with Crippen molar-refractivity contribution < 1.29 is 0 Å². The van der Waals surface area contributed by atoms with Gasteiger partial charge >= 0.3 is 0 Å². The first-order chi connectivity index (χ1) is 45.7. The minimum absolute atomic E-state index is 0.611. The van der Waals surface area contributed by atoms with E-state index in [-0.39, 0.29) is 0 Å². The van der Waals surface area contributed by atoms with Gasteiger partial charge in [-0.2, -0.15) is 0 Å². The van der Waals surface area contributed by atoms with E-state index < -0.39 is 10.8 Å². The first-order valence-electron chi connectivity index (χ1n) is 32.2. The van der Waals surface area contributed by atoms with Crippen LogP contribution in [0.4, 0.5) is 34.1 Å². The van der Waals surface area contributed by atoms with Gasteiger partial charge < -0.3 is 9.80 Å². The predicted octanol–water partition coefficient (Wildman–Crippen LogP) is 23.6. The molecule has 2 spiro atoms. The molecule has 20 rings (SSSR count). The van der Waals surface area contributed by atoms with Crippen molar-refractivity contribution in [3.63, 3.8) is 0 Å². The van der Waals surface area contributed by atoms with Gasteiger partial charge in [-0.1, -0.05) is 279 Å². The maximum absolute atomic E-state index is 2.57. The summed E-state index contributed by atoms with van der Waals surface area (Å²) in [6.45, 7) is 0. The Morgan fingerprint density at radius 1 is 0.174 bits per heavy atom. The van der Waals surface area contributed by atoms with Crippen molar-refractivity contribution >= 4 is 77.2 Å². The van der Waals surface area contributed by atoms with Crippen LogP contribution >= 0.6 is 0 Å². The Balaban J connectivity index is 0.884. The van der Waals surface area contributed by atoms with Gasteiger partial charge in [0.05, 0.1) is 33.6 Å². The largest absolute Gasteiger partial charge is 0.310 e. The van der Waals surface area contributed by atoms with Gasteiger partial charge in [0, 0.05) is 11.4 Å². The van der Waals surface area contributed by atoms with Crippen LogP contribution in [-0.2, 0) is 10.8 Å². The Hall–Kier alpha value is -11.8. The highest BCUT2D eigenvalue weighted by Crippen LogP contribution is 2.67. The van der Waals surface area contributed by atoms with Crippen LogP contribution in [0, 0.1) is 0 Å². The second kappa shape index (κ2) is 19.3. The third kappa shape index (κ3) is 6.67. The molecule has 2 aliphatic carbocycles. The molecule has 0 radical (unpaired) electrons. The molecule has 0 atom stereocenters. The van der Waals surface area contributed by atoms with Gasteiger partial charge in [-0.3, -0.25) is 0 Å². The second-order valence-corrected chi connectivity index (χ2v) is 25.2. The molecule has 0 saturated heterocycles. The Kier molecular flexibility index (Phi) is 10.7. The fourth-order valence-corrected chi connectivity index (χ4v) is 17.7. The molecule has 16 aromatic carbocycles.